The van der Waals surface area contributed by atoms with Gasteiger partial charge in [0.2, 0.25) is 0 Å². The Labute approximate surface area is 131 Å². The molecule has 0 aromatic carbocycles. The lowest BCUT2D eigenvalue weighted by Gasteiger charge is -2.07. The second-order valence-electron chi connectivity index (χ2n) is 6.25. The zero-order valence-corrected chi connectivity index (χ0v) is 14.3. The lowest BCUT2D eigenvalue weighted by atomic mass is 9.96. The van der Waals surface area contributed by atoms with Crippen LogP contribution in [-0.2, 0) is 0 Å². The molecule has 1 aromatic heterocycles. The van der Waals surface area contributed by atoms with Gasteiger partial charge in [0, 0.05) is 11.4 Å². The highest BCUT2D eigenvalue weighted by Crippen LogP contribution is 2.21. The van der Waals surface area contributed by atoms with Gasteiger partial charge in [-0.1, -0.05) is 35.1 Å². The van der Waals surface area contributed by atoms with Crippen LogP contribution in [0.5, 0.6) is 0 Å². The minimum absolute atomic E-state index is 0. The van der Waals surface area contributed by atoms with Gasteiger partial charge in [-0.2, -0.15) is 5.10 Å². The van der Waals surface area contributed by atoms with Crippen LogP contribution in [0.25, 0.3) is 0 Å². The van der Waals surface area contributed by atoms with E-state index < -0.39 is 0 Å². The van der Waals surface area contributed by atoms with Crippen molar-refractivity contribution in [1.82, 2.24) is 10.2 Å². The Morgan fingerprint density at radius 1 is 0.952 bits per heavy atom. The maximum absolute atomic E-state index is 4.36. The van der Waals surface area contributed by atoms with Gasteiger partial charge in [0.05, 0.1) is 12.2 Å². The molecule has 0 saturated heterocycles. The molecule has 0 radical (unpaired) electrons. The maximum Gasteiger partial charge on any atom is 0.0628 e. The van der Waals surface area contributed by atoms with Crippen LogP contribution in [0.15, 0.2) is 16.1 Å². The number of aliphatic imine (C=N–C) groups is 1. The van der Waals surface area contributed by atoms with Crippen molar-refractivity contribution in [2.45, 2.75) is 68.7 Å². The molecule has 0 unspecified atom stereocenters. The number of allylic oxidation sites excluding steroid dienone is 1. The molecule has 0 bridgehead atoms. The van der Waals surface area contributed by atoms with Gasteiger partial charge in [-0.05, 0) is 56.2 Å². The summed E-state index contributed by atoms with van der Waals surface area (Å²) in [4.78, 5) is 4.36. The predicted molar refractivity (Wildman–Crippen MR) is 94.4 cm³/mol. The number of aromatic amines is 1. The highest BCUT2D eigenvalue weighted by atomic mass is 15.1. The van der Waals surface area contributed by atoms with Gasteiger partial charge in [0.15, 0.2) is 0 Å². The Bertz CT molecular complexity index is 497. The van der Waals surface area contributed by atoms with Crippen LogP contribution in [0.2, 0.25) is 0 Å². The van der Waals surface area contributed by atoms with Crippen LogP contribution in [0.4, 0.5) is 0 Å². The van der Waals surface area contributed by atoms with Crippen molar-refractivity contribution in [1.29, 1.82) is 0 Å². The summed E-state index contributed by atoms with van der Waals surface area (Å²) in [6.45, 7) is 18.1. The Balaban J connectivity index is 0.000000364. The fraction of sp³-hybridized carbons (Fsp3) is 0.667. The minimum Gasteiger partial charge on any atom is -0.285 e. The molecule has 2 rings (SSSR count). The quantitative estimate of drug-likeness (QED) is 0.797. The summed E-state index contributed by atoms with van der Waals surface area (Å²) in [5.41, 5.74) is 7.86. The highest BCUT2D eigenvalue weighted by Gasteiger charge is 2.14. The molecule has 0 saturated carbocycles. The normalized spacial score (nSPS) is 14.1. The average Bonchev–Trinajstić information content (AvgIpc) is 2.83. The summed E-state index contributed by atoms with van der Waals surface area (Å²) in [5, 5.41) is 7.08. The van der Waals surface area contributed by atoms with Gasteiger partial charge in [0.25, 0.3) is 0 Å². The molecule has 1 aliphatic rings. The van der Waals surface area contributed by atoms with E-state index >= 15 is 0 Å². The fourth-order valence-corrected chi connectivity index (χ4v) is 3.04. The Morgan fingerprint density at radius 3 is 1.71 bits per heavy atom. The standard InChI is InChI=1S/C9H15N.C8H14N2.CH4/c1-6(2)9-7(3)5-10-8(9)4;1-5(2)8-6(3)9-10-7(8)4;/h6H,5H2,1-4H3;5H,1-4H3,(H,9,10);1H4. The lowest BCUT2D eigenvalue weighted by molar-refractivity contribution is 0.795. The molecular formula is C18H33N3. The highest BCUT2D eigenvalue weighted by molar-refractivity contribution is 6.01. The number of aromatic nitrogens is 2. The van der Waals surface area contributed by atoms with Gasteiger partial charge >= 0.3 is 0 Å². The number of rotatable bonds is 2. The van der Waals surface area contributed by atoms with E-state index in [1.807, 2.05) is 6.92 Å². The van der Waals surface area contributed by atoms with Gasteiger partial charge in [0.1, 0.15) is 0 Å². The molecule has 1 aromatic rings. The van der Waals surface area contributed by atoms with Crippen molar-refractivity contribution in [2.75, 3.05) is 6.54 Å². The number of hydrogen-bond donors (Lipinski definition) is 1. The molecule has 0 amide bonds. The van der Waals surface area contributed by atoms with Crippen molar-refractivity contribution < 1.29 is 0 Å². The van der Waals surface area contributed by atoms with Crippen molar-refractivity contribution in [3.8, 4) is 0 Å². The molecule has 3 heteroatoms. The summed E-state index contributed by atoms with van der Waals surface area (Å²) in [7, 11) is 0. The van der Waals surface area contributed by atoms with E-state index in [1.165, 1.54) is 28.1 Å². The topological polar surface area (TPSA) is 41.0 Å². The van der Waals surface area contributed by atoms with Crippen LogP contribution in [-0.4, -0.2) is 22.5 Å². The summed E-state index contributed by atoms with van der Waals surface area (Å²) in [6, 6.07) is 0. The van der Waals surface area contributed by atoms with E-state index in [4.69, 9.17) is 0 Å². The summed E-state index contributed by atoms with van der Waals surface area (Å²) >= 11 is 0. The third-order valence-electron chi connectivity index (χ3n) is 3.74. The van der Waals surface area contributed by atoms with E-state index in [0.717, 1.165) is 12.2 Å². The van der Waals surface area contributed by atoms with Gasteiger partial charge < -0.3 is 0 Å². The number of aryl methyl sites for hydroxylation is 2. The Hall–Kier alpha value is -1.38. The molecular weight excluding hydrogens is 258 g/mol. The first-order chi connectivity index (χ1) is 9.25. The van der Waals surface area contributed by atoms with Gasteiger partial charge in [-0.25, -0.2) is 0 Å². The number of nitrogens with one attached hydrogen (secondary N) is 1. The molecule has 0 aliphatic carbocycles. The zero-order chi connectivity index (χ0) is 15.4. The molecule has 21 heavy (non-hydrogen) atoms. The summed E-state index contributed by atoms with van der Waals surface area (Å²) in [6.07, 6.45) is 0. The summed E-state index contributed by atoms with van der Waals surface area (Å²) < 4.78 is 0. The van der Waals surface area contributed by atoms with Crippen LogP contribution in [0, 0.1) is 19.8 Å². The van der Waals surface area contributed by atoms with E-state index in [0.29, 0.717) is 11.8 Å². The van der Waals surface area contributed by atoms with Crippen molar-refractivity contribution in [3.05, 3.63) is 28.1 Å². The molecule has 0 spiro atoms. The van der Waals surface area contributed by atoms with Crippen LogP contribution in [0.3, 0.4) is 0 Å². The van der Waals surface area contributed by atoms with E-state index in [-0.39, 0.29) is 7.43 Å². The second kappa shape index (κ2) is 8.16. The first-order valence-corrected chi connectivity index (χ1v) is 7.48. The molecule has 1 N–H and O–H groups in total. The molecule has 3 nitrogen and oxygen atoms in total. The lowest BCUT2D eigenvalue weighted by Crippen LogP contribution is -2.02. The number of nitrogens with zero attached hydrogens (tertiary/aromatic N) is 2. The number of H-pyrrole nitrogens is 1. The first kappa shape index (κ1) is 19.6. The summed E-state index contributed by atoms with van der Waals surface area (Å²) in [5.74, 6) is 1.23. The maximum atomic E-state index is 4.36. The predicted octanol–water partition coefficient (Wildman–Crippen LogP) is 5.22. The zero-order valence-electron chi connectivity index (χ0n) is 14.3. The van der Waals surface area contributed by atoms with Gasteiger partial charge in [-0.15, -0.1) is 0 Å². The second-order valence-corrected chi connectivity index (χ2v) is 6.25. The third kappa shape index (κ3) is 4.83. The van der Waals surface area contributed by atoms with Crippen LogP contribution >= 0.6 is 0 Å². The molecule has 0 atom stereocenters. The average molecular weight is 291 g/mol. The van der Waals surface area contributed by atoms with Crippen molar-refractivity contribution in [2.24, 2.45) is 10.9 Å². The molecule has 2 heterocycles. The molecule has 1 aliphatic heterocycles. The van der Waals surface area contributed by atoms with Crippen molar-refractivity contribution >= 4 is 5.71 Å². The van der Waals surface area contributed by atoms with Crippen LogP contribution < -0.4 is 0 Å². The van der Waals surface area contributed by atoms with E-state index in [1.54, 1.807) is 0 Å². The first-order valence-electron chi connectivity index (χ1n) is 7.48. The molecule has 0 fully saturated rings. The van der Waals surface area contributed by atoms with E-state index in [9.17, 15) is 0 Å². The number of hydrogen-bond acceptors (Lipinski definition) is 2. The van der Waals surface area contributed by atoms with Crippen molar-refractivity contribution in [3.63, 3.8) is 0 Å². The molecule has 120 valence electrons. The largest absolute Gasteiger partial charge is 0.285 e. The fourth-order valence-electron chi connectivity index (χ4n) is 3.04. The van der Waals surface area contributed by atoms with Gasteiger partial charge in [-0.3, -0.25) is 10.1 Å². The van der Waals surface area contributed by atoms with E-state index in [2.05, 4.69) is 63.7 Å². The Kier molecular flexibility index (Phi) is 7.62. The Morgan fingerprint density at radius 2 is 1.52 bits per heavy atom. The van der Waals surface area contributed by atoms with Crippen LogP contribution in [0.1, 0.15) is 71.8 Å². The minimum atomic E-state index is 0. The monoisotopic (exact) mass is 291 g/mol. The SMILES string of the molecule is C.CC1=NCC(C)=C1C(C)C.Cc1n[nH]c(C)c1C(C)C. The smallest absolute Gasteiger partial charge is 0.0628 e. The third-order valence-corrected chi connectivity index (χ3v) is 3.74.